The molecule has 1 aliphatic heterocycles. The molecule has 1 aliphatic rings. The molecule has 1 aromatic heterocycles. The van der Waals surface area contributed by atoms with Gasteiger partial charge in [0, 0.05) is 30.9 Å². The minimum absolute atomic E-state index is 0.417. The van der Waals surface area contributed by atoms with Crippen LogP contribution >= 0.6 is 0 Å². The van der Waals surface area contributed by atoms with Gasteiger partial charge in [0.25, 0.3) is 0 Å². The van der Waals surface area contributed by atoms with Crippen LogP contribution in [0.15, 0.2) is 60.8 Å². The van der Waals surface area contributed by atoms with Crippen LogP contribution in [0.4, 0.5) is 0 Å². The lowest BCUT2D eigenvalue weighted by Crippen LogP contribution is -2.32. The van der Waals surface area contributed by atoms with Gasteiger partial charge >= 0.3 is 0 Å². The maximum Gasteiger partial charge on any atom is 0.231 e. The summed E-state index contributed by atoms with van der Waals surface area (Å²) in [7, 11) is 2.14. The molecule has 0 radical (unpaired) electrons. The van der Waals surface area contributed by atoms with Crippen LogP contribution in [0, 0.1) is 19.4 Å². The highest BCUT2D eigenvalue weighted by Crippen LogP contribution is 2.53. The molecule has 6 rings (SSSR count). The summed E-state index contributed by atoms with van der Waals surface area (Å²) in [6.45, 7) is 18.4. The van der Waals surface area contributed by atoms with Gasteiger partial charge < -0.3 is 9.58 Å². The van der Waals surface area contributed by atoms with E-state index in [1.165, 1.54) is 49.5 Å². The lowest BCUT2D eigenvalue weighted by Gasteiger charge is -2.26. The highest BCUT2D eigenvalue weighted by molar-refractivity contribution is 6.13. The van der Waals surface area contributed by atoms with Gasteiger partial charge in [-0.1, -0.05) is 56.3 Å². The van der Waals surface area contributed by atoms with E-state index >= 15 is 0 Å². The summed E-state index contributed by atoms with van der Waals surface area (Å²) >= 11 is 0. The van der Waals surface area contributed by atoms with Crippen molar-refractivity contribution < 1.29 is 9.30 Å². The van der Waals surface area contributed by atoms with Crippen molar-refractivity contribution in [1.82, 2.24) is 0 Å². The number of benzene rings is 4. The second-order valence-electron chi connectivity index (χ2n) is 11.7. The number of aromatic nitrogens is 1. The second-order valence-corrected chi connectivity index (χ2v) is 11.7. The number of fused-ring (bicyclic) bond motifs is 5. The minimum atomic E-state index is -0.417. The molecule has 3 heteroatoms. The highest BCUT2D eigenvalue weighted by atomic mass is 16.5. The van der Waals surface area contributed by atoms with Crippen LogP contribution in [0.3, 0.4) is 0 Å². The Labute approximate surface area is 219 Å². The number of ether oxygens (including phenoxy) is 1. The third-order valence-corrected chi connectivity index (χ3v) is 7.78. The van der Waals surface area contributed by atoms with Crippen molar-refractivity contribution in [2.75, 3.05) is 0 Å². The quantitative estimate of drug-likeness (QED) is 0.139. The molecule has 0 saturated carbocycles. The molecule has 0 amide bonds. The molecule has 4 aromatic carbocycles. The van der Waals surface area contributed by atoms with E-state index in [-0.39, 0.29) is 0 Å². The fourth-order valence-corrected chi connectivity index (χ4v) is 6.08. The normalized spacial score (nSPS) is 12.7. The van der Waals surface area contributed by atoms with Crippen LogP contribution in [0.5, 0.6) is 11.5 Å². The molecule has 0 saturated heterocycles. The zero-order valence-electron chi connectivity index (χ0n) is 22.6. The summed E-state index contributed by atoms with van der Waals surface area (Å²) in [5.41, 5.74) is 5.76. The fraction of sp³-hybridized carbons (Fsp3) is 0.294. The first-order valence-electron chi connectivity index (χ1n) is 13.2. The minimum Gasteiger partial charge on any atom is -0.455 e. The molecule has 5 aromatic rings. The number of rotatable bonds is 4. The molecule has 2 heterocycles. The van der Waals surface area contributed by atoms with Crippen LogP contribution in [0.2, 0.25) is 0 Å². The van der Waals surface area contributed by atoms with Gasteiger partial charge in [-0.15, -0.1) is 0 Å². The van der Waals surface area contributed by atoms with E-state index in [2.05, 4.69) is 98.0 Å². The zero-order chi connectivity index (χ0) is 26.1. The Morgan fingerprint density at radius 1 is 0.946 bits per heavy atom. The zero-order valence-corrected chi connectivity index (χ0v) is 22.6. The SMILES string of the molecule is [C-]#[N+]C(C)(C)Cc1ccc2c3c4c([n+](C)ccc4cc2c1)-c1c(c(CC(C)C)c2ccccc2c1C)O3. The summed E-state index contributed by atoms with van der Waals surface area (Å²) < 4.78 is 9.30. The Hall–Kier alpha value is -3.90. The molecule has 0 atom stereocenters. The smallest absolute Gasteiger partial charge is 0.231 e. The number of hydrogen-bond acceptors (Lipinski definition) is 1. The predicted octanol–water partition coefficient (Wildman–Crippen LogP) is 8.49. The summed E-state index contributed by atoms with van der Waals surface area (Å²) in [5.74, 6) is 2.46. The van der Waals surface area contributed by atoms with Gasteiger partial charge in [0.1, 0.15) is 18.5 Å². The largest absolute Gasteiger partial charge is 0.455 e. The average Bonchev–Trinajstić information content (AvgIpc) is 2.87. The van der Waals surface area contributed by atoms with Crippen molar-refractivity contribution in [2.24, 2.45) is 13.0 Å². The van der Waals surface area contributed by atoms with Crippen molar-refractivity contribution in [2.45, 2.75) is 53.0 Å². The molecular formula is C34H33N2O+. The van der Waals surface area contributed by atoms with Gasteiger partial charge in [0.05, 0.1) is 17.4 Å². The van der Waals surface area contributed by atoms with Crippen molar-refractivity contribution in [1.29, 1.82) is 0 Å². The molecule has 3 nitrogen and oxygen atoms in total. The molecular weight excluding hydrogens is 452 g/mol. The van der Waals surface area contributed by atoms with Gasteiger partial charge in [-0.05, 0) is 58.0 Å². The Morgan fingerprint density at radius 2 is 1.70 bits per heavy atom. The first-order chi connectivity index (χ1) is 17.7. The van der Waals surface area contributed by atoms with E-state index in [9.17, 15) is 0 Å². The molecule has 0 bridgehead atoms. The maximum absolute atomic E-state index is 7.56. The molecule has 0 spiro atoms. The Morgan fingerprint density at radius 3 is 2.43 bits per heavy atom. The Kier molecular flexibility index (Phi) is 5.28. The van der Waals surface area contributed by atoms with Crippen LogP contribution < -0.4 is 9.30 Å². The number of nitrogens with zero attached hydrogens (tertiary/aromatic N) is 2. The third-order valence-electron chi connectivity index (χ3n) is 7.78. The van der Waals surface area contributed by atoms with Crippen molar-refractivity contribution in [3.05, 3.63) is 88.9 Å². The first kappa shape index (κ1) is 23.5. The molecule has 0 aliphatic carbocycles. The van der Waals surface area contributed by atoms with E-state index in [0.29, 0.717) is 5.92 Å². The van der Waals surface area contributed by atoms with E-state index in [1.54, 1.807) is 0 Å². The number of hydrogen-bond donors (Lipinski definition) is 0. The van der Waals surface area contributed by atoms with Gasteiger partial charge in [0.2, 0.25) is 11.2 Å². The van der Waals surface area contributed by atoms with Gasteiger partial charge in [-0.25, -0.2) is 11.1 Å². The first-order valence-corrected chi connectivity index (χ1v) is 13.2. The van der Waals surface area contributed by atoms with Gasteiger partial charge in [0.15, 0.2) is 6.20 Å². The van der Waals surface area contributed by atoms with Gasteiger partial charge in [-0.3, -0.25) is 0 Å². The molecule has 0 fully saturated rings. The summed E-state index contributed by atoms with van der Waals surface area (Å²) in [5, 5.41) is 7.22. The van der Waals surface area contributed by atoms with Crippen molar-refractivity contribution in [3.8, 4) is 22.8 Å². The van der Waals surface area contributed by atoms with Crippen LogP contribution in [-0.4, -0.2) is 5.54 Å². The lowest BCUT2D eigenvalue weighted by atomic mass is 9.85. The summed E-state index contributed by atoms with van der Waals surface area (Å²) in [4.78, 5) is 3.82. The molecule has 0 N–H and O–H groups in total. The van der Waals surface area contributed by atoms with E-state index < -0.39 is 5.54 Å². The predicted molar refractivity (Wildman–Crippen MR) is 153 cm³/mol. The monoisotopic (exact) mass is 485 g/mol. The second kappa shape index (κ2) is 8.32. The number of pyridine rings is 1. The Balaban J connectivity index is 1.70. The van der Waals surface area contributed by atoms with Crippen LogP contribution in [-0.2, 0) is 19.9 Å². The highest BCUT2D eigenvalue weighted by Gasteiger charge is 2.34. The topological polar surface area (TPSA) is 17.5 Å². The van der Waals surface area contributed by atoms with Crippen LogP contribution in [0.1, 0.15) is 44.4 Å². The molecule has 0 unspecified atom stereocenters. The average molecular weight is 486 g/mol. The Bertz CT molecular complexity index is 1790. The van der Waals surface area contributed by atoms with Crippen LogP contribution in [0.25, 0.3) is 48.4 Å². The maximum atomic E-state index is 7.56. The fourth-order valence-electron chi connectivity index (χ4n) is 6.08. The molecule has 37 heavy (non-hydrogen) atoms. The van der Waals surface area contributed by atoms with E-state index in [4.69, 9.17) is 11.3 Å². The summed E-state index contributed by atoms with van der Waals surface area (Å²) in [6, 6.07) is 19.8. The van der Waals surface area contributed by atoms with Crippen molar-refractivity contribution >= 4 is 32.3 Å². The van der Waals surface area contributed by atoms with E-state index in [1.807, 2.05) is 13.8 Å². The van der Waals surface area contributed by atoms with Gasteiger partial charge in [-0.2, -0.15) is 0 Å². The van der Waals surface area contributed by atoms with E-state index in [0.717, 1.165) is 35.1 Å². The van der Waals surface area contributed by atoms with Crippen molar-refractivity contribution in [3.63, 3.8) is 0 Å². The summed E-state index contributed by atoms with van der Waals surface area (Å²) in [6.07, 6.45) is 3.85. The standard InChI is InChI=1S/C34H33N2O/c1-20(2)16-28-27-11-9-8-10-25(27)21(3)29-31-30-23(14-15-36(31)7)18-24-17-22(19-34(4,5)35-6)12-13-26(24)32(30)37-33(28)29/h8-15,17-18,20H,16,19H2,1-5,7H3/q+1. The number of aryl methyl sites for hydroxylation is 2. The third kappa shape index (κ3) is 3.66. The molecule has 184 valence electrons. The lowest BCUT2D eigenvalue weighted by molar-refractivity contribution is -0.659.